The third kappa shape index (κ3) is 5.39. The minimum absolute atomic E-state index is 0.0653. The number of imide groups is 1. The van der Waals surface area contributed by atoms with Gasteiger partial charge in [0.15, 0.2) is 12.3 Å². The van der Waals surface area contributed by atoms with E-state index in [1.165, 1.54) is 17.8 Å². The van der Waals surface area contributed by atoms with Crippen LogP contribution in [0.4, 0.5) is 4.79 Å². The van der Waals surface area contributed by atoms with Gasteiger partial charge in [-0.1, -0.05) is 50.1 Å². The van der Waals surface area contributed by atoms with E-state index in [0.29, 0.717) is 10.9 Å². The molecule has 1 fully saturated rings. The van der Waals surface area contributed by atoms with Crippen LogP contribution in [0.3, 0.4) is 0 Å². The second-order valence-electron chi connectivity index (χ2n) is 6.87. The SMILES string of the molecule is C[C@H]1CCCC[C@H]1NC(=O)NC(=O)COC(=O)c1csc(-c2ccccc2)n1. The van der Waals surface area contributed by atoms with E-state index >= 15 is 0 Å². The molecule has 3 amide bonds. The fourth-order valence-electron chi connectivity index (χ4n) is 3.18. The van der Waals surface area contributed by atoms with Crippen molar-refractivity contribution in [1.82, 2.24) is 15.6 Å². The molecule has 7 nitrogen and oxygen atoms in total. The van der Waals surface area contributed by atoms with Crippen molar-refractivity contribution in [2.75, 3.05) is 6.61 Å². The molecule has 0 bridgehead atoms. The molecule has 0 spiro atoms. The highest BCUT2D eigenvalue weighted by Crippen LogP contribution is 2.24. The number of nitrogens with one attached hydrogen (secondary N) is 2. The van der Waals surface area contributed by atoms with Gasteiger partial charge in [-0.15, -0.1) is 11.3 Å². The average Bonchev–Trinajstić information content (AvgIpc) is 3.19. The van der Waals surface area contributed by atoms with Gasteiger partial charge in [0.2, 0.25) is 0 Å². The van der Waals surface area contributed by atoms with E-state index in [0.717, 1.165) is 24.8 Å². The van der Waals surface area contributed by atoms with Crippen molar-refractivity contribution in [2.45, 2.75) is 38.6 Å². The summed E-state index contributed by atoms with van der Waals surface area (Å²) in [5, 5.41) is 7.30. The van der Waals surface area contributed by atoms with Gasteiger partial charge in [0.25, 0.3) is 5.91 Å². The van der Waals surface area contributed by atoms with Crippen LogP contribution in [-0.4, -0.2) is 35.5 Å². The molecule has 0 unspecified atom stereocenters. The van der Waals surface area contributed by atoms with Crippen LogP contribution in [0.5, 0.6) is 0 Å². The first kappa shape index (κ1) is 20.0. The molecule has 0 radical (unpaired) electrons. The number of ether oxygens (including phenoxy) is 1. The first-order chi connectivity index (χ1) is 13.5. The number of esters is 1. The lowest BCUT2D eigenvalue weighted by Gasteiger charge is -2.29. The Bertz CT molecular complexity index is 837. The number of rotatable bonds is 5. The summed E-state index contributed by atoms with van der Waals surface area (Å²) in [6.07, 6.45) is 4.21. The largest absolute Gasteiger partial charge is 0.451 e. The number of benzene rings is 1. The Morgan fingerprint density at radius 2 is 1.93 bits per heavy atom. The molecule has 1 saturated carbocycles. The monoisotopic (exact) mass is 401 g/mol. The molecule has 2 aromatic rings. The zero-order valence-electron chi connectivity index (χ0n) is 15.6. The van der Waals surface area contributed by atoms with Crippen LogP contribution in [0.25, 0.3) is 10.6 Å². The number of nitrogens with zero attached hydrogens (tertiary/aromatic N) is 1. The fourth-order valence-corrected chi connectivity index (χ4v) is 3.98. The Morgan fingerprint density at radius 3 is 2.68 bits per heavy atom. The van der Waals surface area contributed by atoms with Crippen molar-refractivity contribution < 1.29 is 19.1 Å². The summed E-state index contributed by atoms with van der Waals surface area (Å²) in [5.74, 6) is -0.987. The van der Waals surface area contributed by atoms with Gasteiger partial charge >= 0.3 is 12.0 Å². The van der Waals surface area contributed by atoms with Crippen molar-refractivity contribution in [1.29, 1.82) is 0 Å². The lowest BCUT2D eigenvalue weighted by atomic mass is 9.86. The zero-order valence-corrected chi connectivity index (χ0v) is 16.5. The molecule has 3 rings (SSSR count). The van der Waals surface area contributed by atoms with Crippen molar-refractivity contribution in [2.24, 2.45) is 5.92 Å². The van der Waals surface area contributed by atoms with Gasteiger partial charge in [0.05, 0.1) is 0 Å². The molecule has 1 aliphatic rings. The van der Waals surface area contributed by atoms with Crippen LogP contribution in [0, 0.1) is 5.92 Å². The van der Waals surface area contributed by atoms with Crippen LogP contribution in [0.15, 0.2) is 35.7 Å². The molecular weight excluding hydrogens is 378 g/mol. The maximum absolute atomic E-state index is 12.1. The normalized spacial score (nSPS) is 18.9. The van der Waals surface area contributed by atoms with Gasteiger partial charge in [-0.3, -0.25) is 10.1 Å². The van der Waals surface area contributed by atoms with Gasteiger partial charge in [0.1, 0.15) is 5.01 Å². The zero-order chi connectivity index (χ0) is 19.9. The third-order valence-corrected chi connectivity index (χ3v) is 5.64. The first-order valence-corrected chi connectivity index (χ1v) is 10.2. The van der Waals surface area contributed by atoms with Crippen LogP contribution in [-0.2, 0) is 9.53 Å². The van der Waals surface area contributed by atoms with Crippen LogP contribution >= 0.6 is 11.3 Å². The van der Waals surface area contributed by atoms with Crippen LogP contribution < -0.4 is 10.6 Å². The van der Waals surface area contributed by atoms with Crippen molar-refractivity contribution >= 4 is 29.2 Å². The van der Waals surface area contributed by atoms with E-state index in [1.54, 1.807) is 5.38 Å². The number of carbonyl (C=O) groups excluding carboxylic acids is 3. The van der Waals surface area contributed by atoms with Crippen molar-refractivity contribution in [3.63, 3.8) is 0 Å². The summed E-state index contributed by atoms with van der Waals surface area (Å²) < 4.78 is 4.96. The van der Waals surface area contributed by atoms with Gasteiger partial charge < -0.3 is 10.1 Å². The van der Waals surface area contributed by atoms with Crippen molar-refractivity contribution in [3.8, 4) is 10.6 Å². The van der Waals surface area contributed by atoms with Crippen LogP contribution in [0.1, 0.15) is 43.1 Å². The molecular formula is C20H23N3O4S. The smallest absolute Gasteiger partial charge is 0.358 e. The molecule has 8 heteroatoms. The summed E-state index contributed by atoms with van der Waals surface area (Å²) in [4.78, 5) is 40.1. The number of amides is 3. The second kappa shape index (κ2) is 9.45. The van der Waals surface area contributed by atoms with Gasteiger partial charge in [-0.2, -0.15) is 0 Å². The van der Waals surface area contributed by atoms with Gasteiger partial charge in [-0.05, 0) is 18.8 Å². The summed E-state index contributed by atoms with van der Waals surface area (Å²) >= 11 is 1.32. The first-order valence-electron chi connectivity index (χ1n) is 9.31. The molecule has 1 aromatic carbocycles. The Hall–Kier alpha value is -2.74. The van der Waals surface area contributed by atoms with E-state index in [4.69, 9.17) is 4.74 Å². The number of hydrogen-bond acceptors (Lipinski definition) is 6. The van der Waals surface area contributed by atoms with Gasteiger partial charge in [0, 0.05) is 17.0 Å². The van der Waals surface area contributed by atoms with E-state index in [-0.39, 0.29) is 11.7 Å². The molecule has 0 aliphatic heterocycles. The third-order valence-electron chi connectivity index (χ3n) is 4.75. The molecule has 28 heavy (non-hydrogen) atoms. The maximum atomic E-state index is 12.1. The lowest BCUT2D eigenvalue weighted by molar-refractivity contribution is -0.123. The highest BCUT2D eigenvalue weighted by molar-refractivity contribution is 7.13. The van der Waals surface area contributed by atoms with Crippen LogP contribution in [0.2, 0.25) is 0 Å². The molecule has 148 valence electrons. The Balaban J connectivity index is 1.44. The predicted octanol–water partition coefficient (Wildman–Crippen LogP) is 3.37. The minimum Gasteiger partial charge on any atom is -0.451 e. The lowest BCUT2D eigenvalue weighted by Crippen LogP contribution is -2.48. The molecule has 0 saturated heterocycles. The van der Waals surface area contributed by atoms with E-state index < -0.39 is 24.5 Å². The highest BCUT2D eigenvalue weighted by atomic mass is 32.1. The number of carbonyl (C=O) groups is 3. The Labute approximate surface area is 167 Å². The molecule has 2 atom stereocenters. The highest BCUT2D eigenvalue weighted by Gasteiger charge is 2.23. The molecule has 2 N–H and O–H groups in total. The number of thiazole rings is 1. The Morgan fingerprint density at radius 1 is 1.18 bits per heavy atom. The minimum atomic E-state index is -0.699. The number of hydrogen-bond donors (Lipinski definition) is 2. The number of aromatic nitrogens is 1. The molecule has 1 heterocycles. The average molecular weight is 401 g/mol. The van der Waals surface area contributed by atoms with Crippen molar-refractivity contribution in [3.05, 3.63) is 41.4 Å². The maximum Gasteiger partial charge on any atom is 0.358 e. The summed E-state index contributed by atoms with van der Waals surface area (Å²) in [6, 6.07) is 8.97. The Kier molecular flexibility index (Phi) is 6.76. The summed E-state index contributed by atoms with van der Waals surface area (Å²) in [7, 11) is 0. The van der Waals surface area contributed by atoms with E-state index in [1.807, 2.05) is 30.3 Å². The second-order valence-corrected chi connectivity index (χ2v) is 7.73. The summed E-state index contributed by atoms with van der Waals surface area (Å²) in [6.45, 7) is 1.55. The van der Waals surface area contributed by atoms with E-state index in [2.05, 4.69) is 22.5 Å². The quantitative estimate of drug-likeness (QED) is 0.749. The molecule has 1 aliphatic carbocycles. The number of urea groups is 1. The van der Waals surface area contributed by atoms with E-state index in [9.17, 15) is 14.4 Å². The fraction of sp³-hybridized carbons (Fsp3) is 0.400. The van der Waals surface area contributed by atoms with Gasteiger partial charge in [-0.25, -0.2) is 14.6 Å². The predicted molar refractivity (Wildman–Crippen MR) is 106 cm³/mol. The topological polar surface area (TPSA) is 97.4 Å². The summed E-state index contributed by atoms with van der Waals surface area (Å²) in [5.41, 5.74) is 1.04. The standard InChI is InChI=1S/C20H23N3O4S/c1-13-7-5-6-10-15(13)22-20(26)23-17(24)11-27-19(25)16-12-28-18(21-16)14-8-3-2-4-9-14/h2-4,8-9,12-13,15H,5-7,10-11H2,1H3,(H2,22,23,24,26)/t13-,15+/m0/s1. The molecule has 1 aromatic heterocycles.